The molecule has 2 amide bonds. The van der Waals surface area contributed by atoms with Crippen LogP contribution in [-0.4, -0.2) is 6.03 Å². The van der Waals surface area contributed by atoms with Gasteiger partial charge in [-0.1, -0.05) is 52.3 Å². The first-order chi connectivity index (χ1) is 9.40. The summed E-state index contributed by atoms with van der Waals surface area (Å²) in [5.41, 5.74) is 2.19. The smallest absolute Gasteiger partial charge is 0.315 e. The number of carbonyl (C=O) groups excluding carboxylic acids is 1. The highest BCUT2D eigenvalue weighted by Gasteiger charge is 2.04. The summed E-state index contributed by atoms with van der Waals surface area (Å²) >= 11 is 0. The van der Waals surface area contributed by atoms with Crippen molar-refractivity contribution in [2.24, 2.45) is 5.41 Å². The van der Waals surface area contributed by atoms with Gasteiger partial charge in [-0.3, -0.25) is 0 Å². The summed E-state index contributed by atoms with van der Waals surface area (Å²) in [4.78, 5) is 11.7. The van der Waals surface area contributed by atoms with Crippen molar-refractivity contribution in [3.8, 4) is 0 Å². The van der Waals surface area contributed by atoms with Gasteiger partial charge in [0, 0.05) is 11.9 Å². The molecule has 0 spiro atoms. The number of rotatable bonds is 5. The van der Waals surface area contributed by atoms with Crippen LogP contribution in [0.15, 0.2) is 36.5 Å². The molecule has 3 heteroatoms. The largest absolute Gasteiger partial charge is 0.323 e. The number of aryl methyl sites for hydroxylation is 1. The third kappa shape index (κ3) is 6.98. The number of unbranched alkanes of at least 4 members (excludes halogenated alkanes) is 1. The van der Waals surface area contributed by atoms with Crippen LogP contribution in [0.5, 0.6) is 0 Å². The molecule has 0 aromatic heterocycles. The first-order valence-electron chi connectivity index (χ1n) is 7.25. The van der Waals surface area contributed by atoms with E-state index >= 15 is 0 Å². The summed E-state index contributed by atoms with van der Waals surface area (Å²) in [6, 6.07) is 7.80. The maximum Gasteiger partial charge on any atom is 0.323 e. The lowest BCUT2D eigenvalue weighted by molar-refractivity contribution is 0.255. The highest BCUT2D eigenvalue weighted by Crippen LogP contribution is 2.14. The first-order valence-corrected chi connectivity index (χ1v) is 7.25. The van der Waals surface area contributed by atoms with Crippen LogP contribution in [0, 0.1) is 5.41 Å². The Morgan fingerprint density at radius 3 is 2.40 bits per heavy atom. The molecule has 1 aromatic rings. The third-order valence-corrected chi connectivity index (χ3v) is 2.83. The van der Waals surface area contributed by atoms with E-state index in [1.807, 2.05) is 18.2 Å². The Labute approximate surface area is 122 Å². The molecule has 2 N–H and O–H groups in total. The van der Waals surface area contributed by atoms with Crippen LogP contribution in [0.2, 0.25) is 0 Å². The lowest BCUT2D eigenvalue weighted by Gasteiger charge is -2.11. The maximum absolute atomic E-state index is 11.7. The van der Waals surface area contributed by atoms with Gasteiger partial charge in [0.1, 0.15) is 0 Å². The molecule has 0 saturated heterocycles. The van der Waals surface area contributed by atoms with Gasteiger partial charge in [-0.2, -0.15) is 0 Å². The zero-order valence-electron chi connectivity index (χ0n) is 13.0. The Kier molecular flexibility index (Phi) is 6.29. The second-order valence-corrected chi connectivity index (χ2v) is 6.10. The van der Waals surface area contributed by atoms with E-state index in [-0.39, 0.29) is 11.4 Å². The van der Waals surface area contributed by atoms with Gasteiger partial charge in [0.2, 0.25) is 0 Å². The van der Waals surface area contributed by atoms with Gasteiger partial charge in [0.25, 0.3) is 0 Å². The molecule has 1 aromatic carbocycles. The summed E-state index contributed by atoms with van der Waals surface area (Å²) in [6.07, 6.45) is 7.13. The van der Waals surface area contributed by atoms with Crippen LogP contribution in [0.4, 0.5) is 10.5 Å². The van der Waals surface area contributed by atoms with Gasteiger partial charge in [0.05, 0.1) is 0 Å². The van der Waals surface area contributed by atoms with E-state index in [1.54, 1.807) is 6.20 Å². The first kappa shape index (κ1) is 16.3. The lowest BCUT2D eigenvalue weighted by atomic mass is 9.97. The zero-order valence-corrected chi connectivity index (χ0v) is 13.0. The fourth-order valence-corrected chi connectivity index (χ4v) is 1.67. The Balaban J connectivity index is 2.44. The van der Waals surface area contributed by atoms with E-state index in [0.717, 1.165) is 12.1 Å². The summed E-state index contributed by atoms with van der Waals surface area (Å²) in [7, 11) is 0. The maximum atomic E-state index is 11.7. The lowest BCUT2D eigenvalue weighted by Crippen LogP contribution is -2.24. The van der Waals surface area contributed by atoms with E-state index in [1.165, 1.54) is 18.4 Å². The van der Waals surface area contributed by atoms with Crippen molar-refractivity contribution < 1.29 is 4.79 Å². The quantitative estimate of drug-likeness (QED) is 0.802. The van der Waals surface area contributed by atoms with Gasteiger partial charge in [0.15, 0.2) is 0 Å². The second kappa shape index (κ2) is 7.73. The third-order valence-electron chi connectivity index (χ3n) is 2.83. The molecule has 0 heterocycles. The molecule has 0 fully saturated rings. The van der Waals surface area contributed by atoms with Crippen molar-refractivity contribution in [1.29, 1.82) is 0 Å². The molecule has 1 rings (SSSR count). The summed E-state index contributed by atoms with van der Waals surface area (Å²) in [6.45, 7) is 8.43. The Bertz CT molecular complexity index is 441. The molecule has 20 heavy (non-hydrogen) atoms. The summed E-state index contributed by atoms with van der Waals surface area (Å²) < 4.78 is 0. The van der Waals surface area contributed by atoms with E-state index in [9.17, 15) is 4.79 Å². The molecule has 110 valence electrons. The predicted octanol–water partition coefficient (Wildman–Crippen LogP) is 4.71. The van der Waals surface area contributed by atoms with Crippen molar-refractivity contribution >= 4 is 11.7 Å². The van der Waals surface area contributed by atoms with Gasteiger partial charge < -0.3 is 10.6 Å². The minimum absolute atomic E-state index is 0.0637. The topological polar surface area (TPSA) is 41.1 Å². The number of hydrogen-bond donors (Lipinski definition) is 2. The highest BCUT2D eigenvalue weighted by molar-refractivity contribution is 5.89. The van der Waals surface area contributed by atoms with E-state index in [4.69, 9.17) is 0 Å². The number of nitrogens with one attached hydrogen (secondary N) is 2. The SMILES string of the molecule is CCCCc1ccc(NC(=O)N/C=C/C(C)(C)C)cc1. The fourth-order valence-electron chi connectivity index (χ4n) is 1.67. The summed E-state index contributed by atoms with van der Waals surface area (Å²) in [5, 5.41) is 5.52. The minimum Gasteiger partial charge on any atom is -0.315 e. The van der Waals surface area contributed by atoms with Crippen molar-refractivity contribution in [2.45, 2.75) is 47.0 Å². The average Bonchev–Trinajstić information content (AvgIpc) is 2.36. The monoisotopic (exact) mass is 274 g/mol. The van der Waals surface area contributed by atoms with Crippen molar-refractivity contribution in [2.75, 3.05) is 5.32 Å². The van der Waals surface area contributed by atoms with Gasteiger partial charge in [-0.05, 0) is 36.0 Å². The van der Waals surface area contributed by atoms with Crippen LogP contribution < -0.4 is 10.6 Å². The van der Waals surface area contributed by atoms with Gasteiger partial charge >= 0.3 is 6.03 Å². The molecule has 0 saturated carbocycles. The van der Waals surface area contributed by atoms with Crippen LogP contribution in [0.25, 0.3) is 0 Å². The molecule has 0 aliphatic heterocycles. The molecule has 0 aliphatic carbocycles. The van der Waals surface area contributed by atoms with Crippen molar-refractivity contribution in [1.82, 2.24) is 5.32 Å². The zero-order chi connectivity index (χ0) is 15.0. The Hall–Kier alpha value is -1.77. The molecular weight excluding hydrogens is 248 g/mol. The van der Waals surface area contributed by atoms with Crippen LogP contribution in [0.3, 0.4) is 0 Å². The number of benzene rings is 1. The van der Waals surface area contributed by atoms with Gasteiger partial charge in [-0.15, -0.1) is 0 Å². The predicted molar refractivity (Wildman–Crippen MR) is 85.8 cm³/mol. The second-order valence-electron chi connectivity index (χ2n) is 6.10. The molecule has 3 nitrogen and oxygen atoms in total. The Morgan fingerprint density at radius 2 is 1.85 bits per heavy atom. The van der Waals surface area contributed by atoms with Crippen LogP contribution >= 0.6 is 0 Å². The fraction of sp³-hybridized carbons (Fsp3) is 0.471. The summed E-state index contributed by atoms with van der Waals surface area (Å²) in [5.74, 6) is 0. The van der Waals surface area contributed by atoms with Crippen molar-refractivity contribution in [3.05, 3.63) is 42.1 Å². The highest BCUT2D eigenvalue weighted by atomic mass is 16.2. The molecule has 0 bridgehead atoms. The van der Waals surface area contributed by atoms with Gasteiger partial charge in [-0.25, -0.2) is 4.79 Å². The van der Waals surface area contributed by atoms with E-state index < -0.39 is 0 Å². The number of amides is 2. The average molecular weight is 274 g/mol. The molecular formula is C17H26N2O. The number of anilines is 1. The molecule has 0 aliphatic rings. The van der Waals surface area contributed by atoms with Crippen molar-refractivity contribution in [3.63, 3.8) is 0 Å². The number of urea groups is 1. The number of carbonyl (C=O) groups is 1. The normalized spacial score (nSPS) is 11.6. The molecule has 0 radical (unpaired) electrons. The number of hydrogen-bond acceptors (Lipinski definition) is 1. The molecule has 0 atom stereocenters. The Morgan fingerprint density at radius 1 is 1.20 bits per heavy atom. The number of allylic oxidation sites excluding steroid dienone is 1. The standard InChI is InChI=1S/C17H26N2O/c1-5-6-7-14-8-10-15(11-9-14)19-16(20)18-13-12-17(2,3)4/h8-13H,5-7H2,1-4H3,(H2,18,19,20)/b13-12+. The van der Waals surface area contributed by atoms with E-state index in [0.29, 0.717) is 0 Å². The molecule has 0 unspecified atom stereocenters. The van der Waals surface area contributed by atoms with Crippen LogP contribution in [-0.2, 0) is 6.42 Å². The van der Waals surface area contributed by atoms with Crippen LogP contribution in [0.1, 0.15) is 46.1 Å². The minimum atomic E-state index is -0.216. The van der Waals surface area contributed by atoms with E-state index in [2.05, 4.69) is 50.5 Å².